The SMILES string of the molecule is O=c1c2ccccc2sn1-c1cccc(Br)n1. The van der Waals surface area contributed by atoms with E-state index in [-0.39, 0.29) is 5.56 Å². The summed E-state index contributed by atoms with van der Waals surface area (Å²) in [5.74, 6) is 0.644. The highest BCUT2D eigenvalue weighted by molar-refractivity contribution is 9.10. The minimum atomic E-state index is -0.0174. The van der Waals surface area contributed by atoms with Crippen molar-refractivity contribution in [3.05, 3.63) is 57.4 Å². The van der Waals surface area contributed by atoms with Crippen LogP contribution in [0.25, 0.3) is 15.9 Å². The molecule has 0 aliphatic heterocycles. The van der Waals surface area contributed by atoms with Crippen LogP contribution in [0, 0.1) is 0 Å². The second kappa shape index (κ2) is 4.09. The number of hydrogen-bond acceptors (Lipinski definition) is 3. The molecule has 3 nitrogen and oxygen atoms in total. The van der Waals surface area contributed by atoms with Crippen LogP contribution >= 0.6 is 27.5 Å². The Labute approximate surface area is 110 Å². The molecule has 3 aromatic rings. The van der Waals surface area contributed by atoms with Gasteiger partial charge in [0.05, 0.1) is 10.1 Å². The van der Waals surface area contributed by atoms with Crippen LogP contribution in [-0.2, 0) is 0 Å². The fourth-order valence-electron chi connectivity index (χ4n) is 1.63. The Morgan fingerprint density at radius 2 is 1.94 bits per heavy atom. The van der Waals surface area contributed by atoms with Crippen molar-refractivity contribution < 1.29 is 0 Å². The highest BCUT2D eigenvalue weighted by atomic mass is 79.9. The van der Waals surface area contributed by atoms with Crippen LogP contribution in [0.2, 0.25) is 0 Å². The summed E-state index contributed by atoms with van der Waals surface area (Å²) < 4.78 is 3.30. The molecule has 0 atom stereocenters. The Kier molecular flexibility index (Phi) is 2.57. The Morgan fingerprint density at radius 3 is 2.71 bits per heavy atom. The Bertz CT molecular complexity index is 747. The topological polar surface area (TPSA) is 34.9 Å². The van der Waals surface area contributed by atoms with Crippen LogP contribution in [0.5, 0.6) is 0 Å². The molecule has 0 saturated carbocycles. The Hall–Kier alpha value is -1.46. The lowest BCUT2D eigenvalue weighted by molar-refractivity contribution is 1.05. The maximum Gasteiger partial charge on any atom is 0.274 e. The number of hydrogen-bond donors (Lipinski definition) is 0. The molecule has 1 aromatic carbocycles. The van der Waals surface area contributed by atoms with Gasteiger partial charge in [0.1, 0.15) is 4.60 Å². The van der Waals surface area contributed by atoms with Crippen LogP contribution in [0.3, 0.4) is 0 Å². The summed E-state index contributed by atoms with van der Waals surface area (Å²) in [5.41, 5.74) is -0.0174. The minimum Gasteiger partial charge on any atom is -0.267 e. The molecule has 2 heterocycles. The fraction of sp³-hybridized carbons (Fsp3) is 0. The molecule has 0 spiro atoms. The van der Waals surface area contributed by atoms with Gasteiger partial charge in [0.25, 0.3) is 5.56 Å². The molecule has 3 rings (SSSR count). The highest BCUT2D eigenvalue weighted by Gasteiger charge is 2.09. The van der Waals surface area contributed by atoms with Crippen molar-refractivity contribution in [2.24, 2.45) is 0 Å². The van der Waals surface area contributed by atoms with Crippen LogP contribution in [0.4, 0.5) is 0 Å². The number of aromatic nitrogens is 2. The van der Waals surface area contributed by atoms with E-state index in [1.54, 1.807) is 3.96 Å². The van der Waals surface area contributed by atoms with Gasteiger partial charge in [-0.3, -0.25) is 4.79 Å². The van der Waals surface area contributed by atoms with Gasteiger partial charge in [0.2, 0.25) is 0 Å². The lowest BCUT2D eigenvalue weighted by atomic mass is 10.3. The third kappa shape index (κ3) is 1.81. The van der Waals surface area contributed by atoms with E-state index in [4.69, 9.17) is 0 Å². The van der Waals surface area contributed by atoms with Crippen molar-refractivity contribution in [3.8, 4) is 5.82 Å². The van der Waals surface area contributed by atoms with E-state index in [0.717, 1.165) is 14.7 Å². The third-order valence-electron chi connectivity index (χ3n) is 2.40. The van der Waals surface area contributed by atoms with Crippen LogP contribution in [0.15, 0.2) is 51.9 Å². The summed E-state index contributed by atoms with van der Waals surface area (Å²) in [6, 6.07) is 13.1. The second-order valence-electron chi connectivity index (χ2n) is 3.51. The van der Waals surface area contributed by atoms with E-state index < -0.39 is 0 Å². The maximum atomic E-state index is 12.2. The summed E-state index contributed by atoms with van der Waals surface area (Å²) in [5, 5.41) is 0.735. The molecule has 0 fully saturated rings. The van der Waals surface area contributed by atoms with Gasteiger partial charge in [-0.1, -0.05) is 18.2 Å². The van der Waals surface area contributed by atoms with Gasteiger partial charge in [-0.05, 0) is 51.7 Å². The standard InChI is InChI=1S/C12H7BrN2OS/c13-10-6-3-7-11(14-10)15-12(16)8-4-1-2-5-9(8)17-15/h1-7H. The summed E-state index contributed by atoms with van der Waals surface area (Å²) in [4.78, 5) is 16.4. The zero-order chi connectivity index (χ0) is 11.8. The third-order valence-corrected chi connectivity index (χ3v) is 3.93. The smallest absolute Gasteiger partial charge is 0.267 e. The van der Waals surface area contributed by atoms with E-state index in [0.29, 0.717) is 5.82 Å². The molecule has 2 aromatic heterocycles. The average Bonchev–Trinajstić information content (AvgIpc) is 2.68. The Balaban J connectivity index is 2.31. The fourth-order valence-corrected chi connectivity index (χ4v) is 2.93. The number of pyridine rings is 1. The summed E-state index contributed by atoms with van der Waals surface area (Å²) in [7, 11) is 0. The van der Waals surface area contributed by atoms with Crippen molar-refractivity contribution in [3.63, 3.8) is 0 Å². The minimum absolute atomic E-state index is 0.0174. The van der Waals surface area contributed by atoms with Crippen molar-refractivity contribution in [1.82, 2.24) is 8.94 Å². The molecule has 0 amide bonds. The predicted octanol–water partition coefficient (Wildman–Crippen LogP) is 3.21. The molecule has 0 saturated heterocycles. The highest BCUT2D eigenvalue weighted by Crippen LogP contribution is 2.19. The molecule has 0 radical (unpaired) electrons. The molecule has 17 heavy (non-hydrogen) atoms. The van der Waals surface area contributed by atoms with Gasteiger partial charge in [-0.25, -0.2) is 8.94 Å². The number of nitrogens with zero attached hydrogens (tertiary/aromatic N) is 2. The van der Waals surface area contributed by atoms with Crippen LogP contribution in [-0.4, -0.2) is 8.94 Å². The number of benzene rings is 1. The zero-order valence-electron chi connectivity index (χ0n) is 8.63. The average molecular weight is 307 g/mol. The van der Waals surface area contributed by atoms with Gasteiger partial charge in [-0.15, -0.1) is 0 Å². The molecule has 5 heteroatoms. The van der Waals surface area contributed by atoms with Gasteiger partial charge in [0.15, 0.2) is 5.82 Å². The number of rotatable bonds is 1. The van der Waals surface area contributed by atoms with Gasteiger partial charge in [0, 0.05) is 0 Å². The molecule has 0 aliphatic carbocycles. The van der Waals surface area contributed by atoms with Crippen LogP contribution in [0.1, 0.15) is 0 Å². The zero-order valence-corrected chi connectivity index (χ0v) is 11.0. The van der Waals surface area contributed by atoms with E-state index in [9.17, 15) is 4.79 Å². The monoisotopic (exact) mass is 306 g/mol. The number of fused-ring (bicyclic) bond motifs is 1. The summed E-state index contributed by atoms with van der Waals surface area (Å²) in [6.07, 6.45) is 0. The maximum absolute atomic E-state index is 12.2. The first-order valence-electron chi connectivity index (χ1n) is 5.00. The van der Waals surface area contributed by atoms with E-state index in [1.165, 1.54) is 11.5 Å². The van der Waals surface area contributed by atoms with Gasteiger partial charge in [-0.2, -0.15) is 0 Å². The largest absolute Gasteiger partial charge is 0.274 e. The second-order valence-corrected chi connectivity index (χ2v) is 5.31. The molecular formula is C12H7BrN2OS. The first kappa shape index (κ1) is 10.7. The summed E-state index contributed by atoms with van der Waals surface area (Å²) >= 11 is 4.71. The first-order chi connectivity index (χ1) is 8.25. The molecule has 0 aliphatic rings. The van der Waals surface area contributed by atoms with Gasteiger partial charge >= 0.3 is 0 Å². The molecule has 0 bridgehead atoms. The summed E-state index contributed by atoms with van der Waals surface area (Å²) in [6.45, 7) is 0. The van der Waals surface area contributed by atoms with Crippen molar-refractivity contribution in [2.75, 3.05) is 0 Å². The lowest BCUT2D eigenvalue weighted by Crippen LogP contribution is -2.11. The first-order valence-corrected chi connectivity index (χ1v) is 6.56. The van der Waals surface area contributed by atoms with Gasteiger partial charge < -0.3 is 0 Å². The van der Waals surface area contributed by atoms with Crippen molar-refractivity contribution in [1.29, 1.82) is 0 Å². The van der Waals surface area contributed by atoms with E-state index >= 15 is 0 Å². The van der Waals surface area contributed by atoms with Crippen molar-refractivity contribution >= 4 is 37.5 Å². The van der Waals surface area contributed by atoms with E-state index in [1.807, 2.05) is 42.5 Å². The predicted molar refractivity (Wildman–Crippen MR) is 72.9 cm³/mol. The lowest BCUT2D eigenvalue weighted by Gasteiger charge is -1.98. The quantitative estimate of drug-likeness (QED) is 0.647. The van der Waals surface area contributed by atoms with Crippen LogP contribution < -0.4 is 5.56 Å². The Morgan fingerprint density at radius 1 is 1.12 bits per heavy atom. The molecule has 84 valence electrons. The molecule has 0 N–H and O–H groups in total. The normalized spacial score (nSPS) is 10.9. The molecular weight excluding hydrogens is 300 g/mol. The molecule has 0 unspecified atom stereocenters. The van der Waals surface area contributed by atoms with Crippen molar-refractivity contribution in [2.45, 2.75) is 0 Å². The van der Waals surface area contributed by atoms with E-state index in [2.05, 4.69) is 20.9 Å². The number of halogens is 1.